The highest BCUT2D eigenvalue weighted by Gasteiger charge is 2.30. The van der Waals surface area contributed by atoms with Gasteiger partial charge in [0, 0.05) is 18.1 Å². The van der Waals surface area contributed by atoms with E-state index in [4.69, 9.17) is 0 Å². The molecule has 1 amide bonds. The minimum atomic E-state index is -0.367. The van der Waals surface area contributed by atoms with E-state index in [0.29, 0.717) is 0 Å². The SMILES string of the molecule is CC(C)(NC(=O)C1CCNC1)c1nccs1. The first kappa shape index (κ1) is 11.5. The van der Waals surface area contributed by atoms with Crippen LogP contribution in [0.15, 0.2) is 11.6 Å². The molecule has 1 atom stereocenters. The van der Waals surface area contributed by atoms with Crippen LogP contribution in [0.5, 0.6) is 0 Å². The Labute approximate surface area is 99.5 Å². The van der Waals surface area contributed by atoms with E-state index >= 15 is 0 Å². The minimum Gasteiger partial charge on any atom is -0.344 e. The number of rotatable bonds is 3. The van der Waals surface area contributed by atoms with Gasteiger partial charge in [0.2, 0.25) is 5.91 Å². The molecule has 1 aliphatic rings. The van der Waals surface area contributed by atoms with E-state index in [2.05, 4.69) is 15.6 Å². The zero-order valence-electron chi connectivity index (χ0n) is 9.62. The molecule has 0 spiro atoms. The molecule has 1 saturated heterocycles. The molecule has 2 heterocycles. The van der Waals surface area contributed by atoms with E-state index in [1.807, 2.05) is 19.2 Å². The molecule has 5 heteroatoms. The lowest BCUT2D eigenvalue weighted by Crippen LogP contribution is -2.44. The van der Waals surface area contributed by atoms with Crippen molar-refractivity contribution in [2.45, 2.75) is 25.8 Å². The summed E-state index contributed by atoms with van der Waals surface area (Å²) in [4.78, 5) is 16.2. The van der Waals surface area contributed by atoms with Gasteiger partial charge in [-0.05, 0) is 26.8 Å². The normalized spacial score (nSPS) is 21.0. The Hall–Kier alpha value is -0.940. The quantitative estimate of drug-likeness (QED) is 0.830. The fraction of sp³-hybridized carbons (Fsp3) is 0.636. The van der Waals surface area contributed by atoms with Gasteiger partial charge in [0.05, 0.1) is 11.5 Å². The molecule has 1 aromatic heterocycles. The van der Waals surface area contributed by atoms with Crippen LogP contribution in [-0.4, -0.2) is 24.0 Å². The minimum absolute atomic E-state index is 0.110. The predicted molar refractivity (Wildman–Crippen MR) is 64.3 cm³/mol. The van der Waals surface area contributed by atoms with Crippen LogP contribution in [0, 0.1) is 5.92 Å². The summed E-state index contributed by atoms with van der Waals surface area (Å²) in [5.41, 5.74) is -0.367. The van der Waals surface area contributed by atoms with Gasteiger partial charge in [0.25, 0.3) is 0 Å². The molecule has 0 saturated carbocycles. The summed E-state index contributed by atoms with van der Waals surface area (Å²) < 4.78 is 0. The Morgan fingerprint density at radius 2 is 2.50 bits per heavy atom. The van der Waals surface area contributed by atoms with Crippen LogP contribution in [0.1, 0.15) is 25.3 Å². The van der Waals surface area contributed by atoms with Crippen LogP contribution in [0.4, 0.5) is 0 Å². The zero-order chi connectivity index (χ0) is 11.6. The van der Waals surface area contributed by atoms with Gasteiger partial charge in [0.1, 0.15) is 5.01 Å². The summed E-state index contributed by atoms with van der Waals surface area (Å²) in [6, 6.07) is 0. The Balaban J connectivity index is 2.00. The molecule has 1 aromatic rings. The maximum Gasteiger partial charge on any atom is 0.225 e. The Kier molecular flexibility index (Phi) is 3.25. The second-order valence-electron chi connectivity index (χ2n) is 4.64. The number of nitrogens with one attached hydrogen (secondary N) is 2. The van der Waals surface area contributed by atoms with Crippen molar-refractivity contribution < 1.29 is 4.79 Å². The van der Waals surface area contributed by atoms with E-state index in [1.54, 1.807) is 17.5 Å². The molecular weight excluding hydrogens is 222 g/mol. The standard InChI is InChI=1S/C11H17N3OS/c1-11(2,10-13-5-6-16-10)14-9(15)8-3-4-12-7-8/h5-6,8,12H,3-4,7H2,1-2H3,(H,14,15). The number of carbonyl (C=O) groups excluding carboxylic acids is 1. The molecule has 2 rings (SSSR count). The van der Waals surface area contributed by atoms with Gasteiger partial charge >= 0.3 is 0 Å². The third-order valence-corrected chi connectivity index (χ3v) is 3.93. The van der Waals surface area contributed by atoms with E-state index in [0.717, 1.165) is 24.5 Å². The first-order valence-electron chi connectivity index (χ1n) is 5.52. The van der Waals surface area contributed by atoms with Crippen molar-refractivity contribution in [3.63, 3.8) is 0 Å². The number of thiazole rings is 1. The van der Waals surface area contributed by atoms with Gasteiger partial charge in [0.15, 0.2) is 0 Å². The summed E-state index contributed by atoms with van der Waals surface area (Å²) in [7, 11) is 0. The van der Waals surface area contributed by atoms with Gasteiger partial charge in [-0.15, -0.1) is 11.3 Å². The molecule has 1 aliphatic heterocycles. The first-order valence-corrected chi connectivity index (χ1v) is 6.40. The van der Waals surface area contributed by atoms with Gasteiger partial charge in [-0.25, -0.2) is 4.98 Å². The summed E-state index contributed by atoms with van der Waals surface area (Å²) >= 11 is 1.57. The van der Waals surface area contributed by atoms with Crippen LogP contribution < -0.4 is 10.6 Å². The van der Waals surface area contributed by atoms with Crippen LogP contribution in [-0.2, 0) is 10.3 Å². The molecule has 4 nitrogen and oxygen atoms in total. The molecule has 0 bridgehead atoms. The largest absolute Gasteiger partial charge is 0.344 e. The number of carbonyl (C=O) groups is 1. The van der Waals surface area contributed by atoms with Crippen LogP contribution in [0.2, 0.25) is 0 Å². The summed E-state index contributed by atoms with van der Waals surface area (Å²) in [6.07, 6.45) is 2.70. The predicted octanol–water partition coefficient (Wildman–Crippen LogP) is 1.10. The van der Waals surface area contributed by atoms with Crippen molar-refractivity contribution in [3.8, 4) is 0 Å². The highest BCUT2D eigenvalue weighted by atomic mass is 32.1. The third-order valence-electron chi connectivity index (χ3n) is 2.83. The molecule has 1 fully saturated rings. The van der Waals surface area contributed by atoms with E-state index in [1.165, 1.54) is 0 Å². The summed E-state index contributed by atoms with van der Waals surface area (Å²) in [6.45, 7) is 5.72. The second-order valence-corrected chi connectivity index (χ2v) is 5.54. The Morgan fingerprint density at radius 1 is 1.69 bits per heavy atom. The van der Waals surface area contributed by atoms with Gasteiger partial charge in [-0.1, -0.05) is 0 Å². The lowest BCUT2D eigenvalue weighted by atomic mass is 10.0. The van der Waals surface area contributed by atoms with Gasteiger partial charge in [-0.2, -0.15) is 0 Å². The van der Waals surface area contributed by atoms with Crippen molar-refractivity contribution in [1.29, 1.82) is 0 Å². The number of nitrogens with zero attached hydrogens (tertiary/aromatic N) is 1. The lowest BCUT2D eigenvalue weighted by molar-refractivity contribution is -0.126. The van der Waals surface area contributed by atoms with Crippen molar-refractivity contribution in [1.82, 2.24) is 15.6 Å². The first-order chi connectivity index (χ1) is 7.59. The van der Waals surface area contributed by atoms with Gasteiger partial charge in [-0.3, -0.25) is 4.79 Å². The molecule has 1 unspecified atom stereocenters. The topological polar surface area (TPSA) is 54.0 Å². The second kappa shape index (κ2) is 4.51. The van der Waals surface area contributed by atoms with Crippen LogP contribution in [0.25, 0.3) is 0 Å². The zero-order valence-corrected chi connectivity index (χ0v) is 10.4. The highest BCUT2D eigenvalue weighted by Crippen LogP contribution is 2.23. The van der Waals surface area contributed by atoms with E-state index < -0.39 is 0 Å². The van der Waals surface area contributed by atoms with E-state index in [-0.39, 0.29) is 17.4 Å². The number of hydrogen-bond donors (Lipinski definition) is 2. The molecule has 2 N–H and O–H groups in total. The van der Waals surface area contributed by atoms with Crippen LogP contribution >= 0.6 is 11.3 Å². The average Bonchev–Trinajstić information content (AvgIpc) is 2.91. The molecule has 0 radical (unpaired) electrons. The maximum atomic E-state index is 12.0. The number of amides is 1. The Morgan fingerprint density at radius 3 is 3.06 bits per heavy atom. The molecule has 0 aliphatic carbocycles. The molecule has 0 aromatic carbocycles. The average molecular weight is 239 g/mol. The summed E-state index contributed by atoms with van der Waals surface area (Å²) in [5.74, 6) is 0.240. The van der Waals surface area contributed by atoms with Crippen LogP contribution in [0.3, 0.4) is 0 Å². The number of aromatic nitrogens is 1. The summed E-state index contributed by atoms with van der Waals surface area (Å²) in [5, 5.41) is 9.15. The fourth-order valence-electron chi connectivity index (χ4n) is 1.87. The fourth-order valence-corrected chi connectivity index (χ4v) is 2.59. The lowest BCUT2D eigenvalue weighted by Gasteiger charge is -2.25. The van der Waals surface area contributed by atoms with E-state index in [9.17, 15) is 4.79 Å². The highest BCUT2D eigenvalue weighted by molar-refractivity contribution is 7.09. The molecule has 88 valence electrons. The van der Waals surface area contributed by atoms with Crippen molar-refractivity contribution in [3.05, 3.63) is 16.6 Å². The third kappa shape index (κ3) is 2.41. The number of hydrogen-bond acceptors (Lipinski definition) is 4. The van der Waals surface area contributed by atoms with Crippen molar-refractivity contribution in [2.24, 2.45) is 5.92 Å². The Bertz CT molecular complexity index is 355. The smallest absolute Gasteiger partial charge is 0.225 e. The molecular formula is C11H17N3OS. The monoisotopic (exact) mass is 239 g/mol. The maximum absolute atomic E-state index is 12.0. The van der Waals surface area contributed by atoms with Crippen molar-refractivity contribution >= 4 is 17.2 Å². The molecule has 16 heavy (non-hydrogen) atoms. The van der Waals surface area contributed by atoms with Gasteiger partial charge < -0.3 is 10.6 Å². The van der Waals surface area contributed by atoms with Crippen molar-refractivity contribution in [2.75, 3.05) is 13.1 Å².